The molecule has 184 valence electrons. The molecule has 1 saturated carbocycles. The Balaban J connectivity index is 1.34. The summed E-state index contributed by atoms with van der Waals surface area (Å²) in [6.45, 7) is 0.640. The van der Waals surface area contributed by atoms with Gasteiger partial charge in [-0.05, 0) is 80.5 Å². The Bertz CT molecular complexity index is 1110. The van der Waals surface area contributed by atoms with Crippen molar-refractivity contribution >= 4 is 15.9 Å². The van der Waals surface area contributed by atoms with Crippen LogP contribution in [0.25, 0.3) is 0 Å². The topological polar surface area (TPSA) is 66.5 Å². The Labute approximate surface area is 196 Å². The molecule has 1 heterocycles. The molecule has 1 atom stereocenters. The van der Waals surface area contributed by atoms with Crippen LogP contribution in [-0.2, 0) is 21.0 Å². The van der Waals surface area contributed by atoms with Crippen LogP contribution in [0, 0.1) is 11.7 Å². The molecular formula is C24H26F4N2O3S. The fraction of sp³-hybridized carbons (Fsp3) is 0.458. The number of sulfonamides is 1. The zero-order chi connectivity index (χ0) is 24.5. The number of carbonyl (C=O) groups excluding carboxylic acids is 1. The van der Waals surface area contributed by atoms with Gasteiger partial charge in [-0.1, -0.05) is 12.1 Å². The van der Waals surface area contributed by atoms with Crippen molar-refractivity contribution in [1.29, 1.82) is 0 Å². The molecule has 0 radical (unpaired) electrons. The van der Waals surface area contributed by atoms with Crippen molar-refractivity contribution in [2.24, 2.45) is 5.92 Å². The van der Waals surface area contributed by atoms with Gasteiger partial charge in [0.15, 0.2) is 0 Å². The molecule has 0 bridgehead atoms. The number of likely N-dealkylation sites (tertiary alicyclic amines) is 1. The minimum absolute atomic E-state index is 0.0378. The second-order valence-corrected chi connectivity index (χ2v) is 10.6. The van der Waals surface area contributed by atoms with Gasteiger partial charge in [0.25, 0.3) is 0 Å². The number of rotatable bonds is 5. The highest BCUT2D eigenvalue weighted by atomic mass is 32.2. The summed E-state index contributed by atoms with van der Waals surface area (Å²) in [6.07, 6.45) is -0.880. The van der Waals surface area contributed by atoms with Crippen LogP contribution in [-0.4, -0.2) is 31.8 Å². The van der Waals surface area contributed by atoms with E-state index in [0.29, 0.717) is 32.2 Å². The summed E-state index contributed by atoms with van der Waals surface area (Å²) in [5.74, 6) is -0.500. The van der Waals surface area contributed by atoms with E-state index in [0.717, 1.165) is 42.7 Å². The van der Waals surface area contributed by atoms with E-state index in [1.807, 2.05) is 4.90 Å². The van der Waals surface area contributed by atoms with Crippen molar-refractivity contribution in [3.8, 4) is 0 Å². The van der Waals surface area contributed by atoms with Gasteiger partial charge in [-0.3, -0.25) is 4.79 Å². The average molecular weight is 499 g/mol. The number of benzene rings is 2. The van der Waals surface area contributed by atoms with E-state index in [9.17, 15) is 30.8 Å². The fourth-order valence-electron chi connectivity index (χ4n) is 4.87. The average Bonchev–Trinajstić information content (AvgIpc) is 3.29. The van der Waals surface area contributed by atoms with Gasteiger partial charge >= 0.3 is 6.18 Å². The maximum Gasteiger partial charge on any atom is 0.416 e. The molecule has 2 aliphatic rings. The van der Waals surface area contributed by atoms with Crippen molar-refractivity contribution in [3.05, 3.63) is 65.5 Å². The predicted octanol–water partition coefficient (Wildman–Crippen LogP) is 5.05. The van der Waals surface area contributed by atoms with Crippen LogP contribution in [0.2, 0.25) is 0 Å². The quantitative estimate of drug-likeness (QED) is 0.587. The van der Waals surface area contributed by atoms with E-state index in [1.54, 1.807) is 12.1 Å². The van der Waals surface area contributed by atoms with E-state index in [2.05, 4.69) is 4.72 Å². The number of nitrogens with one attached hydrogen (secondary N) is 1. The highest BCUT2D eigenvalue weighted by Gasteiger charge is 2.36. The van der Waals surface area contributed by atoms with Crippen molar-refractivity contribution in [1.82, 2.24) is 9.62 Å². The maximum absolute atomic E-state index is 13.3. The number of alkyl halides is 3. The predicted molar refractivity (Wildman–Crippen MR) is 118 cm³/mol. The Kier molecular flexibility index (Phi) is 7.00. The van der Waals surface area contributed by atoms with Crippen molar-refractivity contribution < 1.29 is 30.8 Å². The van der Waals surface area contributed by atoms with Crippen LogP contribution in [0.3, 0.4) is 0 Å². The third kappa shape index (κ3) is 5.43. The van der Waals surface area contributed by atoms with E-state index in [-0.39, 0.29) is 34.6 Å². The third-order valence-corrected chi connectivity index (χ3v) is 8.22. The molecule has 10 heteroatoms. The number of nitrogens with zero attached hydrogens (tertiary/aromatic N) is 1. The first-order valence-electron chi connectivity index (χ1n) is 11.3. The first kappa shape index (κ1) is 24.7. The number of hydrogen-bond acceptors (Lipinski definition) is 3. The molecule has 2 aromatic carbocycles. The molecule has 1 N–H and O–H groups in total. The first-order valence-corrected chi connectivity index (χ1v) is 12.8. The number of hydrogen-bond donors (Lipinski definition) is 1. The minimum atomic E-state index is -4.54. The lowest BCUT2D eigenvalue weighted by Gasteiger charge is -2.33. The monoisotopic (exact) mass is 498 g/mol. The van der Waals surface area contributed by atoms with E-state index in [1.165, 1.54) is 12.1 Å². The summed E-state index contributed by atoms with van der Waals surface area (Å²) in [5, 5.41) is 0. The van der Waals surface area contributed by atoms with Gasteiger partial charge in [-0.2, -0.15) is 13.2 Å². The number of amides is 1. The second-order valence-electron chi connectivity index (χ2n) is 8.93. The van der Waals surface area contributed by atoms with Crippen LogP contribution < -0.4 is 4.72 Å². The molecule has 2 aromatic rings. The van der Waals surface area contributed by atoms with Crippen LogP contribution in [0.1, 0.15) is 55.7 Å². The van der Waals surface area contributed by atoms with Crippen LogP contribution in [0.5, 0.6) is 0 Å². The summed E-state index contributed by atoms with van der Waals surface area (Å²) >= 11 is 0. The van der Waals surface area contributed by atoms with Gasteiger partial charge in [0, 0.05) is 18.5 Å². The molecule has 2 fully saturated rings. The summed E-state index contributed by atoms with van der Waals surface area (Å²) in [7, 11) is -3.97. The Hall–Kier alpha value is -2.46. The Morgan fingerprint density at radius 3 is 2.12 bits per heavy atom. The SMILES string of the molecule is O=C([C@H]1CC[C@H](NS(=O)(=O)c2ccc(C(F)(F)F)cc2)CC1)N1CCCC1c1ccc(F)cc1. The van der Waals surface area contributed by atoms with E-state index < -0.39 is 21.8 Å². The summed E-state index contributed by atoms with van der Waals surface area (Å²) in [6, 6.07) is 9.12. The lowest BCUT2D eigenvalue weighted by atomic mass is 9.85. The van der Waals surface area contributed by atoms with Gasteiger partial charge in [0.1, 0.15) is 5.82 Å². The van der Waals surface area contributed by atoms with E-state index >= 15 is 0 Å². The summed E-state index contributed by atoms with van der Waals surface area (Å²) in [4.78, 5) is 14.8. The molecular weight excluding hydrogens is 472 g/mol. The Morgan fingerprint density at radius 1 is 0.912 bits per heavy atom. The van der Waals surface area contributed by atoms with Gasteiger partial charge in [0.2, 0.25) is 15.9 Å². The molecule has 1 saturated heterocycles. The minimum Gasteiger partial charge on any atom is -0.335 e. The summed E-state index contributed by atoms with van der Waals surface area (Å²) in [5.41, 5.74) is -0.00318. The standard InChI is InChI=1S/C24H26F4N2O3S/c25-19-9-3-16(4-10-19)22-2-1-15-30(22)23(31)17-5-11-20(12-6-17)29-34(32,33)21-13-7-18(8-14-21)24(26,27)28/h3-4,7-10,13-14,17,20,22,29H,1-2,5-6,11-12,15H2/t17-,20-,22?. The molecule has 0 aromatic heterocycles. The molecule has 1 aliphatic heterocycles. The third-order valence-electron chi connectivity index (χ3n) is 6.68. The lowest BCUT2D eigenvalue weighted by Crippen LogP contribution is -2.42. The first-order chi connectivity index (χ1) is 16.0. The van der Waals surface area contributed by atoms with Gasteiger partial charge < -0.3 is 4.90 Å². The zero-order valence-corrected chi connectivity index (χ0v) is 19.2. The molecule has 34 heavy (non-hydrogen) atoms. The van der Waals surface area contributed by atoms with Crippen molar-refractivity contribution in [2.45, 2.75) is 61.7 Å². The molecule has 0 spiro atoms. The highest BCUT2D eigenvalue weighted by Crippen LogP contribution is 2.36. The van der Waals surface area contributed by atoms with Crippen LogP contribution in [0.4, 0.5) is 17.6 Å². The Morgan fingerprint density at radius 2 is 1.53 bits per heavy atom. The highest BCUT2D eigenvalue weighted by molar-refractivity contribution is 7.89. The van der Waals surface area contributed by atoms with Crippen molar-refractivity contribution in [2.75, 3.05) is 6.54 Å². The molecule has 1 amide bonds. The van der Waals surface area contributed by atoms with Gasteiger partial charge in [-0.15, -0.1) is 0 Å². The normalized spacial score (nSPS) is 23.8. The maximum atomic E-state index is 13.3. The molecule has 1 aliphatic carbocycles. The largest absolute Gasteiger partial charge is 0.416 e. The molecule has 5 nitrogen and oxygen atoms in total. The van der Waals surface area contributed by atoms with Gasteiger partial charge in [-0.25, -0.2) is 17.5 Å². The van der Waals surface area contributed by atoms with Gasteiger partial charge in [0.05, 0.1) is 16.5 Å². The van der Waals surface area contributed by atoms with Crippen LogP contribution in [0.15, 0.2) is 53.4 Å². The smallest absolute Gasteiger partial charge is 0.335 e. The number of halogens is 4. The molecule has 4 rings (SSSR count). The molecule has 1 unspecified atom stereocenters. The van der Waals surface area contributed by atoms with Crippen LogP contribution >= 0.6 is 0 Å². The summed E-state index contributed by atoms with van der Waals surface area (Å²) < 4.78 is 79.3. The number of carbonyl (C=O) groups is 1. The lowest BCUT2D eigenvalue weighted by molar-refractivity contribution is -0.138. The fourth-order valence-corrected chi connectivity index (χ4v) is 6.17. The van der Waals surface area contributed by atoms with E-state index in [4.69, 9.17) is 0 Å². The van der Waals surface area contributed by atoms with Crippen molar-refractivity contribution in [3.63, 3.8) is 0 Å². The second kappa shape index (κ2) is 9.65. The zero-order valence-electron chi connectivity index (χ0n) is 18.4.